The van der Waals surface area contributed by atoms with Gasteiger partial charge in [0.15, 0.2) is 21.3 Å². The van der Waals surface area contributed by atoms with Crippen LogP contribution in [0.25, 0.3) is 0 Å². The summed E-state index contributed by atoms with van der Waals surface area (Å²) in [7, 11) is -3.26. The van der Waals surface area contributed by atoms with Gasteiger partial charge in [-0.3, -0.25) is 4.79 Å². The van der Waals surface area contributed by atoms with Gasteiger partial charge in [0.05, 0.1) is 4.90 Å². The van der Waals surface area contributed by atoms with E-state index in [2.05, 4.69) is 5.32 Å². The summed E-state index contributed by atoms with van der Waals surface area (Å²) in [5.41, 5.74) is 1.46. The monoisotopic (exact) mass is 347 g/mol. The van der Waals surface area contributed by atoms with E-state index in [1.807, 2.05) is 18.2 Å². The number of fused-ring (bicyclic) bond motifs is 1. The highest BCUT2D eigenvalue weighted by Gasteiger charge is 2.13. The number of carbonyl (C=O) groups excluding carboxylic acids is 1. The molecule has 0 fully saturated rings. The molecule has 1 N–H and O–H groups in total. The zero-order valence-corrected chi connectivity index (χ0v) is 13.9. The highest BCUT2D eigenvalue weighted by molar-refractivity contribution is 7.90. The summed E-state index contributed by atoms with van der Waals surface area (Å²) in [6, 6.07) is 11.6. The first kappa shape index (κ1) is 16.3. The second-order valence-corrected chi connectivity index (χ2v) is 7.51. The molecule has 0 radical (unpaired) electrons. The van der Waals surface area contributed by atoms with Crippen molar-refractivity contribution in [2.24, 2.45) is 0 Å². The molecular formula is C17H17NO5S. The molecule has 1 amide bonds. The van der Waals surface area contributed by atoms with Gasteiger partial charge in [-0.2, -0.15) is 0 Å². The topological polar surface area (TPSA) is 81.7 Å². The predicted octanol–water partition coefficient (Wildman–Crippen LogP) is 1.79. The molecular weight excluding hydrogens is 330 g/mol. The quantitative estimate of drug-likeness (QED) is 0.892. The number of rotatable bonds is 5. The molecule has 0 saturated heterocycles. The second kappa shape index (κ2) is 6.52. The Morgan fingerprint density at radius 1 is 1.08 bits per heavy atom. The van der Waals surface area contributed by atoms with Crippen LogP contribution in [-0.2, 0) is 16.3 Å². The highest BCUT2D eigenvalue weighted by atomic mass is 32.2. The van der Waals surface area contributed by atoms with E-state index in [0.717, 1.165) is 23.3 Å². The second-order valence-electron chi connectivity index (χ2n) is 5.49. The van der Waals surface area contributed by atoms with Gasteiger partial charge in [-0.1, -0.05) is 6.07 Å². The SMILES string of the molecule is CS(=O)(=O)c1ccc(C(=O)NCCc2ccc3c(c2)OCO3)cc1. The van der Waals surface area contributed by atoms with Crippen LogP contribution in [0, 0.1) is 0 Å². The van der Waals surface area contributed by atoms with Gasteiger partial charge < -0.3 is 14.8 Å². The van der Waals surface area contributed by atoms with Gasteiger partial charge in [0.25, 0.3) is 5.91 Å². The molecule has 0 spiro atoms. The summed E-state index contributed by atoms with van der Waals surface area (Å²) in [4.78, 5) is 12.3. The van der Waals surface area contributed by atoms with Crippen molar-refractivity contribution in [2.45, 2.75) is 11.3 Å². The van der Waals surface area contributed by atoms with Gasteiger partial charge in [0.2, 0.25) is 6.79 Å². The maximum Gasteiger partial charge on any atom is 0.251 e. The fraction of sp³-hybridized carbons (Fsp3) is 0.235. The minimum atomic E-state index is -3.26. The average molecular weight is 347 g/mol. The maximum atomic E-state index is 12.1. The van der Waals surface area contributed by atoms with Crippen molar-refractivity contribution < 1.29 is 22.7 Å². The van der Waals surface area contributed by atoms with Crippen LogP contribution in [0.1, 0.15) is 15.9 Å². The number of sulfone groups is 1. The van der Waals surface area contributed by atoms with E-state index in [1.54, 1.807) is 0 Å². The third-order valence-corrected chi connectivity index (χ3v) is 4.81. The van der Waals surface area contributed by atoms with Crippen LogP contribution < -0.4 is 14.8 Å². The molecule has 7 heteroatoms. The van der Waals surface area contributed by atoms with E-state index in [9.17, 15) is 13.2 Å². The Hall–Kier alpha value is -2.54. The molecule has 126 valence electrons. The molecule has 1 aliphatic rings. The summed E-state index contributed by atoms with van der Waals surface area (Å²) >= 11 is 0. The van der Waals surface area contributed by atoms with Crippen LogP contribution in [0.5, 0.6) is 11.5 Å². The average Bonchev–Trinajstić information content (AvgIpc) is 3.02. The number of amides is 1. The number of benzene rings is 2. The summed E-state index contributed by atoms with van der Waals surface area (Å²) in [5.74, 6) is 1.21. The predicted molar refractivity (Wildman–Crippen MR) is 88.2 cm³/mol. The molecule has 6 nitrogen and oxygen atoms in total. The summed E-state index contributed by atoms with van der Waals surface area (Å²) in [5, 5.41) is 2.81. The fourth-order valence-corrected chi connectivity index (χ4v) is 3.00. The molecule has 0 aromatic heterocycles. The highest BCUT2D eigenvalue weighted by Crippen LogP contribution is 2.32. The summed E-state index contributed by atoms with van der Waals surface area (Å²) in [6.07, 6.45) is 1.79. The fourth-order valence-electron chi connectivity index (χ4n) is 2.37. The van der Waals surface area contributed by atoms with Crippen molar-refractivity contribution in [2.75, 3.05) is 19.6 Å². The van der Waals surface area contributed by atoms with E-state index in [0.29, 0.717) is 18.5 Å². The van der Waals surface area contributed by atoms with Crippen LogP contribution >= 0.6 is 0 Å². The number of ether oxygens (including phenoxy) is 2. The molecule has 0 aliphatic carbocycles. The molecule has 0 bridgehead atoms. The van der Waals surface area contributed by atoms with Gasteiger partial charge in [0.1, 0.15) is 0 Å². The molecule has 1 heterocycles. The number of carbonyl (C=O) groups is 1. The Kier molecular flexibility index (Phi) is 4.44. The van der Waals surface area contributed by atoms with Crippen LogP contribution in [-0.4, -0.2) is 33.9 Å². The number of nitrogens with one attached hydrogen (secondary N) is 1. The first-order chi connectivity index (χ1) is 11.4. The van der Waals surface area contributed by atoms with Crippen molar-refractivity contribution in [3.63, 3.8) is 0 Å². The molecule has 2 aromatic carbocycles. The van der Waals surface area contributed by atoms with Crippen LogP contribution in [0.4, 0.5) is 0 Å². The van der Waals surface area contributed by atoms with Crippen LogP contribution in [0.15, 0.2) is 47.4 Å². The largest absolute Gasteiger partial charge is 0.454 e. The van der Waals surface area contributed by atoms with E-state index in [4.69, 9.17) is 9.47 Å². The lowest BCUT2D eigenvalue weighted by Gasteiger charge is -2.07. The van der Waals surface area contributed by atoms with Gasteiger partial charge in [-0.25, -0.2) is 8.42 Å². The molecule has 2 aromatic rings. The van der Waals surface area contributed by atoms with Crippen molar-refractivity contribution in [3.8, 4) is 11.5 Å². The molecule has 24 heavy (non-hydrogen) atoms. The van der Waals surface area contributed by atoms with Crippen molar-refractivity contribution >= 4 is 15.7 Å². The van der Waals surface area contributed by atoms with E-state index in [1.165, 1.54) is 24.3 Å². The molecule has 0 saturated carbocycles. The maximum absolute atomic E-state index is 12.1. The number of hydrogen-bond donors (Lipinski definition) is 1. The molecule has 0 unspecified atom stereocenters. The normalized spacial score (nSPS) is 12.9. The third kappa shape index (κ3) is 3.68. The minimum absolute atomic E-state index is 0.194. The van der Waals surface area contributed by atoms with E-state index >= 15 is 0 Å². The lowest BCUT2D eigenvalue weighted by molar-refractivity contribution is 0.0954. The Bertz CT molecular complexity index is 859. The molecule has 1 aliphatic heterocycles. The van der Waals surface area contributed by atoms with Gasteiger partial charge in [0, 0.05) is 18.4 Å². The van der Waals surface area contributed by atoms with Gasteiger partial charge in [-0.15, -0.1) is 0 Å². The Morgan fingerprint density at radius 2 is 1.79 bits per heavy atom. The van der Waals surface area contributed by atoms with Crippen molar-refractivity contribution in [3.05, 3.63) is 53.6 Å². The summed E-state index contributed by atoms with van der Waals surface area (Å²) < 4.78 is 33.4. The lowest BCUT2D eigenvalue weighted by atomic mass is 10.1. The van der Waals surface area contributed by atoms with Crippen molar-refractivity contribution in [1.82, 2.24) is 5.32 Å². The molecule has 3 rings (SSSR count). The van der Waals surface area contributed by atoms with Crippen LogP contribution in [0.3, 0.4) is 0 Å². The van der Waals surface area contributed by atoms with Gasteiger partial charge >= 0.3 is 0 Å². The Balaban J connectivity index is 1.56. The number of hydrogen-bond acceptors (Lipinski definition) is 5. The van der Waals surface area contributed by atoms with E-state index in [-0.39, 0.29) is 17.6 Å². The zero-order valence-electron chi connectivity index (χ0n) is 13.1. The minimum Gasteiger partial charge on any atom is -0.454 e. The smallest absolute Gasteiger partial charge is 0.251 e. The zero-order chi connectivity index (χ0) is 17.2. The molecule has 0 atom stereocenters. The Morgan fingerprint density at radius 3 is 2.50 bits per heavy atom. The first-order valence-corrected chi connectivity index (χ1v) is 9.29. The summed E-state index contributed by atoms with van der Waals surface area (Å²) in [6.45, 7) is 0.700. The first-order valence-electron chi connectivity index (χ1n) is 7.40. The van der Waals surface area contributed by atoms with Crippen molar-refractivity contribution in [1.29, 1.82) is 0 Å². The van der Waals surface area contributed by atoms with E-state index < -0.39 is 9.84 Å². The lowest BCUT2D eigenvalue weighted by Crippen LogP contribution is -2.25. The van der Waals surface area contributed by atoms with Gasteiger partial charge in [-0.05, 0) is 48.4 Å². The Labute approximate surface area is 140 Å². The standard InChI is InChI=1S/C17H17NO5S/c1-24(20,21)14-5-3-13(4-6-14)17(19)18-9-8-12-2-7-15-16(10-12)23-11-22-15/h2-7,10H,8-9,11H2,1H3,(H,18,19). The third-order valence-electron chi connectivity index (χ3n) is 3.68. The van der Waals surface area contributed by atoms with Crippen LogP contribution in [0.2, 0.25) is 0 Å².